The second-order valence-electron chi connectivity index (χ2n) is 7.41. The Labute approximate surface area is 222 Å². The zero-order valence-corrected chi connectivity index (χ0v) is 21.4. The van der Waals surface area contributed by atoms with Crippen molar-refractivity contribution in [3.63, 3.8) is 0 Å². The van der Waals surface area contributed by atoms with Gasteiger partial charge in [-0.2, -0.15) is 8.42 Å². The maximum atomic E-state index is 13.0. The predicted octanol–water partition coefficient (Wildman–Crippen LogP) is 4.44. The maximum absolute atomic E-state index is 13.0. The summed E-state index contributed by atoms with van der Waals surface area (Å²) in [5.41, 5.74) is -0.318. The van der Waals surface area contributed by atoms with Gasteiger partial charge in [0.05, 0.1) is 15.1 Å². The number of halogens is 2. The predicted molar refractivity (Wildman–Crippen MR) is 136 cm³/mol. The number of anilines is 1. The second kappa shape index (κ2) is 10.1. The number of amides is 4. The smallest absolute Gasteiger partial charge is 0.339 e. The van der Waals surface area contributed by atoms with E-state index >= 15 is 0 Å². The van der Waals surface area contributed by atoms with Crippen molar-refractivity contribution < 1.29 is 31.9 Å². The highest BCUT2D eigenvalue weighted by atomic mass is 79.9. The van der Waals surface area contributed by atoms with Crippen LogP contribution in [0.5, 0.6) is 5.75 Å². The number of benzene rings is 3. The molecular weight excluding hydrogens is 594 g/mol. The van der Waals surface area contributed by atoms with Crippen LogP contribution in [-0.4, -0.2) is 31.2 Å². The van der Waals surface area contributed by atoms with Crippen molar-refractivity contribution in [1.82, 2.24) is 5.32 Å². The molecule has 1 aliphatic heterocycles. The van der Waals surface area contributed by atoms with Crippen LogP contribution >= 0.6 is 27.5 Å². The number of carbonyl (C=O) groups is 3. The highest BCUT2D eigenvalue weighted by Gasteiger charge is 2.37. The third-order valence-electron chi connectivity index (χ3n) is 4.99. The first-order chi connectivity index (χ1) is 17.5. The van der Waals surface area contributed by atoms with Crippen molar-refractivity contribution in [2.45, 2.75) is 4.90 Å². The first kappa shape index (κ1) is 26.0. The van der Waals surface area contributed by atoms with Gasteiger partial charge < -0.3 is 4.18 Å². The van der Waals surface area contributed by atoms with Crippen LogP contribution < -0.4 is 14.4 Å². The molecule has 1 aliphatic rings. The molecular formula is C23H13BrClN3O8S. The second-order valence-corrected chi connectivity index (χ2v) is 10.2. The number of urea groups is 1. The van der Waals surface area contributed by atoms with Crippen LogP contribution in [0.3, 0.4) is 0 Å². The highest BCUT2D eigenvalue weighted by Crippen LogP contribution is 2.31. The minimum absolute atomic E-state index is 0.0174. The number of hydrogen-bond donors (Lipinski definition) is 1. The quantitative estimate of drug-likeness (QED) is 0.142. The number of hydrogen-bond acceptors (Lipinski definition) is 8. The van der Waals surface area contributed by atoms with Crippen LogP contribution in [0.1, 0.15) is 5.56 Å². The van der Waals surface area contributed by atoms with Crippen molar-refractivity contribution in [3.8, 4) is 5.75 Å². The van der Waals surface area contributed by atoms with E-state index in [1.54, 1.807) is 0 Å². The van der Waals surface area contributed by atoms with Gasteiger partial charge in [0.1, 0.15) is 10.5 Å². The summed E-state index contributed by atoms with van der Waals surface area (Å²) in [7, 11) is -4.17. The van der Waals surface area contributed by atoms with Crippen LogP contribution in [0.25, 0.3) is 6.08 Å². The molecule has 0 unspecified atom stereocenters. The molecule has 1 fully saturated rings. The Balaban J connectivity index is 1.61. The minimum Gasteiger partial charge on any atom is -0.378 e. The van der Waals surface area contributed by atoms with Crippen LogP contribution in [-0.2, 0) is 19.7 Å². The van der Waals surface area contributed by atoms with Gasteiger partial charge in [0.15, 0.2) is 5.75 Å². The molecule has 188 valence electrons. The fraction of sp³-hybridized carbons (Fsp3) is 0. The van der Waals surface area contributed by atoms with Crippen LogP contribution in [0.2, 0.25) is 5.02 Å². The average Bonchev–Trinajstić information content (AvgIpc) is 2.84. The van der Waals surface area contributed by atoms with Gasteiger partial charge in [-0.1, -0.05) is 17.7 Å². The molecule has 3 aromatic rings. The molecule has 0 saturated carbocycles. The molecule has 14 heteroatoms. The van der Waals surface area contributed by atoms with Crippen molar-refractivity contribution >= 4 is 72.9 Å². The molecule has 0 spiro atoms. The molecule has 1 N–H and O–H groups in total. The third-order valence-corrected chi connectivity index (χ3v) is 7.11. The normalized spacial score (nSPS) is 15.0. The van der Waals surface area contributed by atoms with Crippen molar-refractivity contribution in [2.75, 3.05) is 4.90 Å². The van der Waals surface area contributed by atoms with E-state index in [0.29, 0.717) is 15.5 Å². The Morgan fingerprint density at radius 2 is 1.65 bits per heavy atom. The Morgan fingerprint density at radius 3 is 2.24 bits per heavy atom. The van der Waals surface area contributed by atoms with Gasteiger partial charge in [-0.25, -0.2) is 9.69 Å². The summed E-state index contributed by atoms with van der Waals surface area (Å²) in [4.78, 5) is 48.5. The Hall–Kier alpha value is -4.07. The number of nitrogens with zero attached hydrogens (tertiary/aromatic N) is 2. The lowest BCUT2D eigenvalue weighted by atomic mass is 10.1. The zero-order chi connectivity index (χ0) is 26.9. The molecule has 11 nitrogen and oxygen atoms in total. The van der Waals surface area contributed by atoms with E-state index in [-0.39, 0.29) is 26.5 Å². The molecule has 0 aromatic heterocycles. The molecule has 0 aliphatic carbocycles. The van der Waals surface area contributed by atoms with E-state index in [1.165, 1.54) is 60.7 Å². The summed E-state index contributed by atoms with van der Waals surface area (Å²) in [6.07, 6.45) is 1.20. The van der Waals surface area contributed by atoms with E-state index in [4.69, 9.17) is 15.8 Å². The maximum Gasteiger partial charge on any atom is 0.339 e. The fourth-order valence-electron chi connectivity index (χ4n) is 3.22. The first-order valence-corrected chi connectivity index (χ1v) is 12.7. The van der Waals surface area contributed by atoms with Crippen molar-refractivity contribution in [1.29, 1.82) is 0 Å². The fourth-order valence-corrected chi connectivity index (χ4v) is 4.88. The molecule has 0 atom stereocenters. The molecule has 37 heavy (non-hydrogen) atoms. The van der Waals surface area contributed by atoms with Crippen LogP contribution in [0.4, 0.5) is 16.2 Å². The average molecular weight is 607 g/mol. The van der Waals surface area contributed by atoms with Gasteiger partial charge in [0.2, 0.25) is 0 Å². The van der Waals surface area contributed by atoms with Gasteiger partial charge in [0, 0.05) is 17.2 Å². The first-order valence-electron chi connectivity index (χ1n) is 10.1. The number of carbonyl (C=O) groups excluding carboxylic acids is 3. The molecule has 1 saturated heterocycles. The molecule has 4 rings (SSSR count). The standard InChI is InChI=1S/C23H13BrClN3O8S/c24-19-12-13(1-10-20(19)36-37(34,35)17-8-2-14(25)3-9-17)11-18-21(29)26-23(31)27(22(18)30)15-4-6-16(7-5-15)28(32)33/h1-12H,(H,26,29,31)/b18-11+. The lowest BCUT2D eigenvalue weighted by molar-refractivity contribution is -0.384. The van der Waals surface area contributed by atoms with Gasteiger partial charge in [-0.05, 0) is 76.1 Å². The van der Waals surface area contributed by atoms with Crippen molar-refractivity contribution in [2.24, 2.45) is 0 Å². The lowest BCUT2D eigenvalue weighted by Gasteiger charge is -2.26. The van der Waals surface area contributed by atoms with Crippen LogP contribution in [0, 0.1) is 10.1 Å². The minimum atomic E-state index is -4.17. The summed E-state index contributed by atoms with van der Waals surface area (Å²) in [5, 5.41) is 13.3. The highest BCUT2D eigenvalue weighted by molar-refractivity contribution is 9.10. The summed E-state index contributed by atoms with van der Waals surface area (Å²) in [5.74, 6) is -1.96. The van der Waals surface area contributed by atoms with E-state index in [2.05, 4.69) is 15.9 Å². The number of imide groups is 2. The summed E-state index contributed by atoms with van der Waals surface area (Å²) >= 11 is 9.00. The Bertz CT molecular complexity index is 1590. The number of nitro groups is 1. The SMILES string of the molecule is O=C1NC(=O)N(c2ccc([N+](=O)[O-])cc2)C(=O)/C1=C/c1ccc(OS(=O)(=O)c2ccc(Cl)cc2)c(Br)c1. The monoisotopic (exact) mass is 605 g/mol. The Morgan fingerprint density at radius 1 is 1.00 bits per heavy atom. The van der Waals surface area contributed by atoms with E-state index in [9.17, 15) is 32.9 Å². The van der Waals surface area contributed by atoms with Gasteiger partial charge in [-0.3, -0.25) is 25.0 Å². The molecule has 0 bridgehead atoms. The van der Waals surface area contributed by atoms with E-state index in [0.717, 1.165) is 12.1 Å². The van der Waals surface area contributed by atoms with Gasteiger partial charge in [-0.15, -0.1) is 0 Å². The number of barbiturate groups is 1. The third kappa shape index (κ3) is 5.53. The van der Waals surface area contributed by atoms with E-state index < -0.39 is 38.5 Å². The number of non-ortho nitro benzene ring substituents is 1. The largest absolute Gasteiger partial charge is 0.378 e. The molecule has 1 heterocycles. The molecule has 4 amide bonds. The van der Waals surface area contributed by atoms with E-state index in [1.807, 2.05) is 5.32 Å². The Kier molecular flexibility index (Phi) is 7.12. The topological polar surface area (TPSA) is 153 Å². The summed E-state index contributed by atoms with van der Waals surface area (Å²) in [6.45, 7) is 0. The molecule has 0 radical (unpaired) electrons. The number of rotatable bonds is 6. The van der Waals surface area contributed by atoms with Gasteiger partial charge >= 0.3 is 16.1 Å². The van der Waals surface area contributed by atoms with Gasteiger partial charge in [0.25, 0.3) is 17.5 Å². The summed E-state index contributed by atoms with van der Waals surface area (Å²) in [6, 6.07) is 13.1. The van der Waals surface area contributed by atoms with Crippen LogP contribution in [0.15, 0.2) is 81.7 Å². The zero-order valence-electron chi connectivity index (χ0n) is 18.3. The summed E-state index contributed by atoms with van der Waals surface area (Å²) < 4.78 is 30.5. The number of nitrogens with one attached hydrogen (secondary N) is 1. The lowest BCUT2D eigenvalue weighted by Crippen LogP contribution is -2.54. The van der Waals surface area contributed by atoms with Crippen molar-refractivity contribution in [3.05, 3.63) is 97.5 Å². The molecule has 3 aromatic carbocycles. The number of nitro benzene ring substituents is 1.